The van der Waals surface area contributed by atoms with Crippen molar-refractivity contribution in [2.24, 2.45) is 10.3 Å². The molecule has 5 N–H and O–H groups in total. The van der Waals surface area contributed by atoms with E-state index in [4.69, 9.17) is 5.14 Å². The Morgan fingerprint density at radius 3 is 1.75 bits per heavy atom. The van der Waals surface area contributed by atoms with Gasteiger partial charge >= 0.3 is 0 Å². The molecule has 2 aromatic rings. The first-order valence-electron chi connectivity index (χ1n) is 10.2. The van der Waals surface area contributed by atoms with E-state index < -0.39 is 20.0 Å². The normalized spacial score (nSPS) is 11.0. The molecule has 32 heavy (non-hydrogen) atoms. The summed E-state index contributed by atoms with van der Waals surface area (Å²) in [5, 5.41) is 13.3. The summed E-state index contributed by atoms with van der Waals surface area (Å²) in [6.07, 6.45) is 0. The zero-order valence-corrected chi connectivity index (χ0v) is 20.5. The van der Waals surface area contributed by atoms with Gasteiger partial charge < -0.3 is 5.32 Å². The lowest BCUT2D eigenvalue weighted by Crippen LogP contribution is -2.31. The second-order valence-corrected chi connectivity index (χ2v) is 9.99. The summed E-state index contributed by atoms with van der Waals surface area (Å²) in [5.41, 5.74) is 2.53. The number of primary sulfonamides is 2. The Morgan fingerprint density at radius 1 is 0.906 bits per heavy atom. The molecule has 0 bridgehead atoms. The second-order valence-electron chi connectivity index (χ2n) is 6.74. The maximum Gasteiger partial charge on any atom is 0.230 e. The van der Waals surface area contributed by atoms with E-state index in [1.807, 2.05) is 43.3 Å². The van der Waals surface area contributed by atoms with Gasteiger partial charge in [0.2, 0.25) is 20.0 Å². The van der Waals surface area contributed by atoms with E-state index in [0.29, 0.717) is 12.0 Å². The van der Waals surface area contributed by atoms with Crippen molar-refractivity contribution < 1.29 is 16.8 Å². The number of nitrogens with zero attached hydrogens (tertiary/aromatic N) is 1. The van der Waals surface area contributed by atoms with Crippen LogP contribution in [0.4, 0.5) is 0 Å². The minimum absolute atomic E-state index is 0.00761. The third-order valence-corrected chi connectivity index (χ3v) is 5.26. The number of sulfonamides is 2. The highest BCUT2D eigenvalue weighted by Crippen LogP contribution is 2.04. The molecule has 0 aromatic heterocycles. The van der Waals surface area contributed by atoms with Gasteiger partial charge in [-0.1, -0.05) is 81.1 Å². The van der Waals surface area contributed by atoms with Crippen LogP contribution < -0.4 is 15.6 Å². The van der Waals surface area contributed by atoms with Gasteiger partial charge in [0, 0.05) is 25.0 Å². The summed E-state index contributed by atoms with van der Waals surface area (Å²) >= 11 is 0. The number of nitrogens with one attached hydrogen (secondary N) is 1. The number of benzene rings is 2. The van der Waals surface area contributed by atoms with Crippen LogP contribution in [0.2, 0.25) is 0 Å². The fourth-order valence-electron chi connectivity index (χ4n) is 2.31. The zero-order chi connectivity index (χ0) is 24.5. The van der Waals surface area contributed by atoms with Gasteiger partial charge in [-0.3, -0.25) is 4.90 Å². The smallest absolute Gasteiger partial charge is 0.230 e. The molecule has 0 aliphatic rings. The van der Waals surface area contributed by atoms with Crippen LogP contribution in [0.3, 0.4) is 0 Å². The second kappa shape index (κ2) is 16.5. The van der Waals surface area contributed by atoms with Gasteiger partial charge in [-0.2, -0.15) is 0 Å². The van der Waals surface area contributed by atoms with Crippen LogP contribution in [0.25, 0.3) is 0 Å². The van der Waals surface area contributed by atoms with Crippen LogP contribution in [-0.4, -0.2) is 47.1 Å². The molecule has 2 aromatic carbocycles. The summed E-state index contributed by atoms with van der Waals surface area (Å²) in [6.45, 7) is 11.1. The Morgan fingerprint density at radius 2 is 1.38 bits per heavy atom. The molecule has 0 aliphatic carbocycles. The maximum absolute atomic E-state index is 10.9. The Balaban J connectivity index is 0.000000511. The largest absolute Gasteiger partial charge is 0.313 e. The molecule has 0 heterocycles. The van der Waals surface area contributed by atoms with Crippen molar-refractivity contribution in [2.75, 3.05) is 25.4 Å². The Bertz CT molecular complexity index is 940. The molecule has 10 heteroatoms. The number of nitrogens with two attached hydrogens (primary N) is 2. The van der Waals surface area contributed by atoms with E-state index in [1.165, 1.54) is 11.1 Å². The molecule has 0 amide bonds. The highest BCUT2D eigenvalue weighted by molar-refractivity contribution is 7.92. The molecule has 0 saturated carbocycles. The molecular weight excluding hydrogens is 448 g/mol. The molecule has 8 nitrogen and oxygen atoms in total. The fraction of sp³-hybridized carbons (Fsp3) is 0.364. The van der Waals surface area contributed by atoms with Gasteiger partial charge in [0.25, 0.3) is 0 Å². The lowest BCUT2D eigenvalue weighted by atomic mass is 10.2. The van der Waals surface area contributed by atoms with E-state index in [1.54, 1.807) is 0 Å². The van der Waals surface area contributed by atoms with Crippen LogP contribution in [-0.2, 0) is 33.1 Å². The van der Waals surface area contributed by atoms with Gasteiger partial charge in [-0.25, -0.2) is 27.1 Å². The third kappa shape index (κ3) is 18.7. The summed E-state index contributed by atoms with van der Waals surface area (Å²) in [4.78, 5) is 2.06. The molecule has 0 radical (unpaired) electrons. The highest BCUT2D eigenvalue weighted by atomic mass is 32.2. The highest BCUT2D eigenvalue weighted by Gasteiger charge is 2.08. The predicted octanol–water partition coefficient (Wildman–Crippen LogP) is 2.01. The predicted molar refractivity (Wildman–Crippen MR) is 132 cm³/mol. The van der Waals surface area contributed by atoms with Crippen LogP contribution in [0, 0.1) is 0 Å². The van der Waals surface area contributed by atoms with Crippen molar-refractivity contribution >= 4 is 20.0 Å². The van der Waals surface area contributed by atoms with Crippen LogP contribution in [0.5, 0.6) is 0 Å². The standard InChI is InChI=1S/C11H18N2O2S.C9H13N.C2H5NO2S/c1-2-13(8-9-16(12,14)15)10-11-6-4-3-5-7-11;1-2-10-8-9-6-4-3-5-7-9;1-2-6(3,4)5/h3-7H,2,8-10H2,1H3,(H2,12,14,15);3-7,10H,2,8H2,1H3;2H,1H2,(H2,3,4,5). The summed E-state index contributed by atoms with van der Waals surface area (Å²) < 4.78 is 41.0. The molecule has 0 spiro atoms. The van der Waals surface area contributed by atoms with E-state index >= 15 is 0 Å². The van der Waals surface area contributed by atoms with Crippen LogP contribution in [0.1, 0.15) is 25.0 Å². The number of hydrogen-bond donors (Lipinski definition) is 3. The third-order valence-electron chi connectivity index (χ3n) is 4.04. The zero-order valence-electron chi connectivity index (χ0n) is 18.9. The fourth-order valence-corrected chi connectivity index (χ4v) is 2.82. The molecule has 0 unspecified atom stereocenters. The summed E-state index contributed by atoms with van der Waals surface area (Å²) in [7, 11) is -6.76. The molecular formula is C22H36N4O4S2. The van der Waals surface area contributed by atoms with Crippen LogP contribution in [0.15, 0.2) is 72.7 Å². The van der Waals surface area contributed by atoms with E-state index in [9.17, 15) is 16.8 Å². The molecule has 2 rings (SSSR count). The van der Waals surface area contributed by atoms with Gasteiger partial charge in [-0.15, -0.1) is 0 Å². The molecule has 0 fully saturated rings. The van der Waals surface area contributed by atoms with Crippen molar-refractivity contribution in [1.82, 2.24) is 10.2 Å². The van der Waals surface area contributed by atoms with Gasteiger partial charge in [0.05, 0.1) is 5.75 Å². The lowest BCUT2D eigenvalue weighted by Gasteiger charge is -2.19. The van der Waals surface area contributed by atoms with E-state index in [-0.39, 0.29) is 5.75 Å². The monoisotopic (exact) mass is 484 g/mol. The Kier molecular flexibility index (Phi) is 15.5. The van der Waals surface area contributed by atoms with Gasteiger partial charge in [0.1, 0.15) is 0 Å². The van der Waals surface area contributed by atoms with Crippen molar-refractivity contribution in [3.8, 4) is 0 Å². The lowest BCUT2D eigenvalue weighted by molar-refractivity contribution is 0.296. The topological polar surface area (TPSA) is 136 Å². The first-order chi connectivity index (χ1) is 15.0. The number of rotatable bonds is 10. The first-order valence-corrected chi connectivity index (χ1v) is 13.5. The molecule has 180 valence electrons. The van der Waals surface area contributed by atoms with Crippen LogP contribution >= 0.6 is 0 Å². The SMILES string of the molecule is C=CS(N)(=O)=O.CCN(CCS(N)(=O)=O)Cc1ccccc1.CCNCc1ccccc1. The Labute approximate surface area is 193 Å². The first kappa shape index (κ1) is 29.9. The number of hydrogen-bond acceptors (Lipinski definition) is 6. The average molecular weight is 485 g/mol. The maximum atomic E-state index is 10.9. The van der Waals surface area contributed by atoms with Crippen molar-refractivity contribution in [3.05, 3.63) is 83.8 Å². The van der Waals surface area contributed by atoms with Crippen molar-refractivity contribution in [2.45, 2.75) is 26.9 Å². The summed E-state index contributed by atoms with van der Waals surface area (Å²) in [6, 6.07) is 20.4. The van der Waals surface area contributed by atoms with Crippen molar-refractivity contribution in [1.29, 1.82) is 0 Å². The minimum atomic E-state index is -3.40. The quantitative estimate of drug-likeness (QED) is 0.472. The average Bonchev–Trinajstić information content (AvgIpc) is 2.76. The van der Waals surface area contributed by atoms with E-state index in [2.05, 4.69) is 53.1 Å². The Hall–Kier alpha value is -2.08. The van der Waals surface area contributed by atoms with Crippen molar-refractivity contribution in [3.63, 3.8) is 0 Å². The molecule has 0 atom stereocenters. The molecule has 0 saturated heterocycles. The summed E-state index contributed by atoms with van der Waals surface area (Å²) in [5.74, 6) is 0.00761. The minimum Gasteiger partial charge on any atom is -0.313 e. The van der Waals surface area contributed by atoms with E-state index in [0.717, 1.165) is 26.2 Å². The van der Waals surface area contributed by atoms with Gasteiger partial charge in [-0.05, 0) is 24.2 Å². The van der Waals surface area contributed by atoms with Gasteiger partial charge in [0.15, 0.2) is 0 Å². The molecule has 0 aliphatic heterocycles.